The molecule has 0 bridgehead atoms. The predicted octanol–water partition coefficient (Wildman–Crippen LogP) is 0.344. The van der Waals surface area contributed by atoms with Gasteiger partial charge >= 0.3 is 0 Å². The molecular formula is C14H20N4O2. The summed E-state index contributed by atoms with van der Waals surface area (Å²) in [6.45, 7) is 4.75. The second kappa shape index (κ2) is 6.55. The summed E-state index contributed by atoms with van der Waals surface area (Å²) in [6, 6.07) is 5.76. The molecule has 2 rings (SSSR count). The Balaban J connectivity index is 1.88. The summed E-state index contributed by atoms with van der Waals surface area (Å²) in [6.07, 6.45) is 0. The Bertz CT molecular complexity index is 506. The van der Waals surface area contributed by atoms with E-state index in [0.717, 1.165) is 24.6 Å². The fourth-order valence-corrected chi connectivity index (χ4v) is 2.25. The molecule has 108 valence electrons. The number of carbonyl (C=O) groups excluding carboxylic acids is 1. The lowest BCUT2D eigenvalue weighted by Gasteiger charge is -2.32. The van der Waals surface area contributed by atoms with E-state index in [2.05, 4.69) is 11.4 Å². The van der Waals surface area contributed by atoms with Gasteiger partial charge in [-0.1, -0.05) is 0 Å². The SMILES string of the molecule is Cc1ccc(CN(C)C(=O)CN2CCNCC2C#N)o1. The first-order chi connectivity index (χ1) is 9.60. The van der Waals surface area contributed by atoms with Crippen LogP contribution < -0.4 is 5.32 Å². The maximum absolute atomic E-state index is 12.2. The number of aryl methyl sites for hydroxylation is 1. The Kier molecular flexibility index (Phi) is 4.77. The second-order valence-electron chi connectivity index (χ2n) is 5.08. The molecule has 0 radical (unpaired) electrons. The highest BCUT2D eigenvalue weighted by molar-refractivity contribution is 5.78. The van der Waals surface area contributed by atoms with E-state index in [-0.39, 0.29) is 18.5 Å². The zero-order valence-electron chi connectivity index (χ0n) is 11.9. The summed E-state index contributed by atoms with van der Waals surface area (Å²) in [5.41, 5.74) is 0. The lowest BCUT2D eigenvalue weighted by molar-refractivity contribution is -0.132. The molecule has 1 aromatic heterocycles. The summed E-state index contributed by atoms with van der Waals surface area (Å²) in [7, 11) is 1.75. The van der Waals surface area contributed by atoms with Gasteiger partial charge in [-0.2, -0.15) is 5.26 Å². The molecule has 0 aliphatic carbocycles. The van der Waals surface area contributed by atoms with Crippen LogP contribution in [-0.4, -0.2) is 55.0 Å². The second-order valence-corrected chi connectivity index (χ2v) is 5.08. The standard InChI is InChI=1S/C14H20N4O2/c1-11-3-4-13(20-11)9-17(2)14(19)10-18-6-5-16-8-12(18)7-15/h3-4,12,16H,5-6,8-10H2,1-2H3. The van der Waals surface area contributed by atoms with E-state index in [1.165, 1.54) is 0 Å². The number of nitriles is 1. The Hall–Kier alpha value is -1.84. The van der Waals surface area contributed by atoms with Crippen LogP contribution in [0.3, 0.4) is 0 Å². The van der Waals surface area contributed by atoms with Gasteiger partial charge in [0.25, 0.3) is 0 Å². The highest BCUT2D eigenvalue weighted by atomic mass is 16.3. The van der Waals surface area contributed by atoms with Crippen LogP contribution in [0.4, 0.5) is 0 Å². The van der Waals surface area contributed by atoms with Gasteiger partial charge in [0.05, 0.1) is 19.2 Å². The monoisotopic (exact) mass is 276 g/mol. The number of hydrogen-bond acceptors (Lipinski definition) is 5. The number of carbonyl (C=O) groups is 1. The minimum Gasteiger partial charge on any atom is -0.464 e. The number of nitrogens with one attached hydrogen (secondary N) is 1. The molecule has 6 nitrogen and oxygen atoms in total. The number of nitrogens with zero attached hydrogens (tertiary/aromatic N) is 3. The molecule has 1 aliphatic heterocycles. The number of furan rings is 1. The fourth-order valence-electron chi connectivity index (χ4n) is 2.25. The highest BCUT2D eigenvalue weighted by Gasteiger charge is 2.25. The van der Waals surface area contributed by atoms with Crippen molar-refractivity contribution in [3.05, 3.63) is 23.7 Å². The van der Waals surface area contributed by atoms with Crippen LogP contribution in [0, 0.1) is 18.3 Å². The van der Waals surface area contributed by atoms with Crippen LogP contribution in [0.15, 0.2) is 16.5 Å². The largest absolute Gasteiger partial charge is 0.464 e. The van der Waals surface area contributed by atoms with E-state index in [9.17, 15) is 4.79 Å². The van der Waals surface area contributed by atoms with Gasteiger partial charge in [-0.25, -0.2) is 0 Å². The third-order valence-electron chi connectivity index (χ3n) is 3.46. The zero-order valence-corrected chi connectivity index (χ0v) is 11.9. The topological polar surface area (TPSA) is 72.5 Å². The summed E-state index contributed by atoms with van der Waals surface area (Å²) < 4.78 is 5.47. The summed E-state index contributed by atoms with van der Waals surface area (Å²) in [5, 5.41) is 12.2. The van der Waals surface area contributed by atoms with Gasteiger partial charge in [0.15, 0.2) is 0 Å². The van der Waals surface area contributed by atoms with Crippen LogP contribution >= 0.6 is 0 Å². The van der Waals surface area contributed by atoms with Crippen molar-refractivity contribution in [2.75, 3.05) is 33.2 Å². The average Bonchev–Trinajstić information content (AvgIpc) is 2.84. The molecule has 1 aromatic rings. The molecule has 1 amide bonds. The average molecular weight is 276 g/mol. The highest BCUT2D eigenvalue weighted by Crippen LogP contribution is 2.09. The lowest BCUT2D eigenvalue weighted by atomic mass is 10.2. The van der Waals surface area contributed by atoms with Gasteiger partial charge in [0.1, 0.15) is 17.6 Å². The molecule has 1 N–H and O–H groups in total. The van der Waals surface area contributed by atoms with Crippen molar-refractivity contribution in [1.82, 2.24) is 15.1 Å². The van der Waals surface area contributed by atoms with Crippen LogP contribution in [0.5, 0.6) is 0 Å². The summed E-state index contributed by atoms with van der Waals surface area (Å²) in [4.78, 5) is 15.7. The number of piperazine rings is 1. The quantitative estimate of drug-likeness (QED) is 0.858. The molecule has 20 heavy (non-hydrogen) atoms. The van der Waals surface area contributed by atoms with Gasteiger partial charge in [-0.15, -0.1) is 0 Å². The maximum atomic E-state index is 12.2. The van der Waals surface area contributed by atoms with Crippen molar-refractivity contribution < 1.29 is 9.21 Å². The van der Waals surface area contributed by atoms with E-state index in [1.54, 1.807) is 11.9 Å². The van der Waals surface area contributed by atoms with Crippen molar-refractivity contribution in [3.8, 4) is 6.07 Å². The molecule has 6 heteroatoms. The molecule has 1 aliphatic rings. The molecule has 1 atom stereocenters. The van der Waals surface area contributed by atoms with Crippen molar-refractivity contribution >= 4 is 5.91 Å². The van der Waals surface area contributed by atoms with E-state index in [1.807, 2.05) is 24.0 Å². The number of likely N-dealkylation sites (N-methyl/N-ethyl adjacent to an activating group) is 1. The Morgan fingerprint density at radius 1 is 1.65 bits per heavy atom. The van der Waals surface area contributed by atoms with E-state index >= 15 is 0 Å². The normalized spacial score (nSPS) is 19.6. The first-order valence-electron chi connectivity index (χ1n) is 6.74. The first kappa shape index (κ1) is 14.6. The molecular weight excluding hydrogens is 256 g/mol. The molecule has 1 fully saturated rings. The first-order valence-corrected chi connectivity index (χ1v) is 6.74. The third kappa shape index (κ3) is 3.59. The Morgan fingerprint density at radius 3 is 3.10 bits per heavy atom. The summed E-state index contributed by atoms with van der Waals surface area (Å²) >= 11 is 0. The van der Waals surface area contributed by atoms with E-state index in [4.69, 9.17) is 9.68 Å². The Morgan fingerprint density at radius 2 is 2.45 bits per heavy atom. The van der Waals surface area contributed by atoms with Crippen LogP contribution in [0.1, 0.15) is 11.5 Å². The predicted molar refractivity (Wildman–Crippen MR) is 73.8 cm³/mol. The van der Waals surface area contributed by atoms with Crippen LogP contribution in [-0.2, 0) is 11.3 Å². The molecule has 0 aromatic carbocycles. The maximum Gasteiger partial charge on any atom is 0.236 e. The lowest BCUT2D eigenvalue weighted by Crippen LogP contribution is -2.53. The van der Waals surface area contributed by atoms with Gasteiger partial charge in [-0.3, -0.25) is 9.69 Å². The van der Waals surface area contributed by atoms with Gasteiger partial charge < -0.3 is 14.6 Å². The van der Waals surface area contributed by atoms with E-state index < -0.39 is 0 Å². The van der Waals surface area contributed by atoms with Crippen molar-refractivity contribution in [1.29, 1.82) is 5.26 Å². The van der Waals surface area contributed by atoms with Crippen molar-refractivity contribution in [3.63, 3.8) is 0 Å². The van der Waals surface area contributed by atoms with Gasteiger partial charge in [0.2, 0.25) is 5.91 Å². The van der Waals surface area contributed by atoms with Crippen LogP contribution in [0.25, 0.3) is 0 Å². The minimum atomic E-state index is -0.230. The van der Waals surface area contributed by atoms with Crippen molar-refractivity contribution in [2.45, 2.75) is 19.5 Å². The Labute approximate surface area is 118 Å². The van der Waals surface area contributed by atoms with Gasteiger partial charge in [0, 0.05) is 26.7 Å². The van der Waals surface area contributed by atoms with Crippen molar-refractivity contribution in [2.24, 2.45) is 0 Å². The smallest absolute Gasteiger partial charge is 0.236 e. The number of rotatable bonds is 4. The fraction of sp³-hybridized carbons (Fsp3) is 0.571. The zero-order chi connectivity index (χ0) is 14.5. The third-order valence-corrected chi connectivity index (χ3v) is 3.46. The molecule has 1 unspecified atom stereocenters. The molecule has 2 heterocycles. The number of amides is 1. The van der Waals surface area contributed by atoms with Gasteiger partial charge in [-0.05, 0) is 19.1 Å². The van der Waals surface area contributed by atoms with E-state index in [0.29, 0.717) is 13.1 Å². The molecule has 0 saturated carbocycles. The minimum absolute atomic E-state index is 0.00111. The molecule has 1 saturated heterocycles. The molecule has 0 spiro atoms. The number of hydrogen-bond donors (Lipinski definition) is 1. The summed E-state index contributed by atoms with van der Waals surface area (Å²) in [5.74, 6) is 1.61. The van der Waals surface area contributed by atoms with Crippen LogP contribution in [0.2, 0.25) is 0 Å².